The van der Waals surface area contributed by atoms with Gasteiger partial charge < -0.3 is 15.4 Å². The van der Waals surface area contributed by atoms with Crippen molar-refractivity contribution in [1.29, 1.82) is 0 Å². The number of piperazine rings is 1. The van der Waals surface area contributed by atoms with Crippen molar-refractivity contribution in [2.45, 2.75) is 0 Å². The van der Waals surface area contributed by atoms with Crippen LogP contribution in [-0.4, -0.2) is 55.5 Å². The highest BCUT2D eigenvalue weighted by Gasteiger charge is 2.24. The Morgan fingerprint density at radius 1 is 1.40 bits per heavy atom. The SMILES string of the molecule is C#CCN1CCN(C(=O)c2cccc(N)c2OC)CC1. The molecule has 0 spiro atoms. The van der Waals surface area contributed by atoms with Crippen molar-refractivity contribution in [2.75, 3.05) is 45.6 Å². The van der Waals surface area contributed by atoms with E-state index in [9.17, 15) is 4.79 Å². The molecule has 0 radical (unpaired) electrons. The summed E-state index contributed by atoms with van der Waals surface area (Å²) < 4.78 is 5.24. The standard InChI is InChI=1S/C15H19N3O2/c1-3-7-17-8-10-18(11-9-17)15(19)12-5-4-6-13(16)14(12)20-2/h1,4-6H,7-11,16H2,2H3. The van der Waals surface area contributed by atoms with E-state index in [1.807, 2.05) is 4.90 Å². The quantitative estimate of drug-likeness (QED) is 0.649. The first-order chi connectivity index (χ1) is 9.67. The first-order valence-corrected chi connectivity index (χ1v) is 6.55. The van der Waals surface area contributed by atoms with E-state index in [1.165, 1.54) is 7.11 Å². The lowest BCUT2D eigenvalue weighted by molar-refractivity contribution is 0.0649. The van der Waals surface area contributed by atoms with E-state index < -0.39 is 0 Å². The molecule has 0 atom stereocenters. The van der Waals surface area contributed by atoms with Gasteiger partial charge in [-0.15, -0.1) is 6.42 Å². The topological polar surface area (TPSA) is 58.8 Å². The number of benzene rings is 1. The van der Waals surface area contributed by atoms with Crippen LogP contribution < -0.4 is 10.5 Å². The molecule has 1 aliphatic rings. The number of terminal acetylenes is 1. The number of anilines is 1. The Bertz CT molecular complexity index is 528. The van der Waals surface area contributed by atoms with E-state index in [0.29, 0.717) is 36.6 Å². The van der Waals surface area contributed by atoms with Crippen LogP contribution in [0.15, 0.2) is 18.2 Å². The lowest BCUT2D eigenvalue weighted by atomic mass is 10.1. The average molecular weight is 273 g/mol. The number of para-hydroxylation sites is 1. The Kier molecular flexibility index (Phi) is 4.49. The van der Waals surface area contributed by atoms with Crippen LogP contribution in [0, 0.1) is 12.3 Å². The second-order valence-electron chi connectivity index (χ2n) is 4.70. The number of rotatable bonds is 3. The number of amides is 1. The number of carbonyl (C=O) groups is 1. The minimum atomic E-state index is -0.0468. The number of nitrogens with two attached hydrogens (primary N) is 1. The summed E-state index contributed by atoms with van der Waals surface area (Å²) in [6.45, 7) is 3.54. The molecule has 0 aromatic heterocycles. The molecular weight excluding hydrogens is 254 g/mol. The molecule has 0 aliphatic carbocycles. The maximum Gasteiger partial charge on any atom is 0.257 e. The van der Waals surface area contributed by atoms with Crippen LogP contribution in [-0.2, 0) is 0 Å². The van der Waals surface area contributed by atoms with Crippen LogP contribution in [0.2, 0.25) is 0 Å². The Morgan fingerprint density at radius 3 is 2.70 bits per heavy atom. The van der Waals surface area contributed by atoms with E-state index in [0.717, 1.165) is 13.1 Å². The van der Waals surface area contributed by atoms with Crippen LogP contribution in [0.1, 0.15) is 10.4 Å². The molecule has 1 aromatic rings. The predicted octanol–water partition coefficient (Wildman–Crippen LogP) is 0.668. The summed E-state index contributed by atoms with van der Waals surface area (Å²) >= 11 is 0. The highest BCUT2D eigenvalue weighted by molar-refractivity contribution is 5.98. The second-order valence-corrected chi connectivity index (χ2v) is 4.70. The van der Waals surface area contributed by atoms with Gasteiger partial charge in [-0.05, 0) is 12.1 Å². The average Bonchev–Trinajstić information content (AvgIpc) is 2.47. The van der Waals surface area contributed by atoms with Gasteiger partial charge in [0, 0.05) is 26.2 Å². The minimum Gasteiger partial charge on any atom is -0.494 e. The largest absolute Gasteiger partial charge is 0.494 e. The zero-order valence-electron chi connectivity index (χ0n) is 11.6. The number of ether oxygens (including phenoxy) is 1. The normalized spacial score (nSPS) is 15.7. The molecule has 0 saturated carbocycles. The molecule has 5 heteroatoms. The van der Waals surface area contributed by atoms with E-state index >= 15 is 0 Å². The highest BCUT2D eigenvalue weighted by Crippen LogP contribution is 2.27. The van der Waals surface area contributed by atoms with Gasteiger partial charge in [-0.25, -0.2) is 0 Å². The first-order valence-electron chi connectivity index (χ1n) is 6.55. The fraction of sp³-hybridized carbons (Fsp3) is 0.400. The molecule has 1 fully saturated rings. The molecule has 1 heterocycles. The monoisotopic (exact) mass is 273 g/mol. The zero-order valence-corrected chi connectivity index (χ0v) is 11.6. The third-order valence-corrected chi connectivity index (χ3v) is 3.45. The van der Waals surface area contributed by atoms with Gasteiger partial charge in [0.2, 0.25) is 0 Å². The van der Waals surface area contributed by atoms with Crippen molar-refractivity contribution < 1.29 is 9.53 Å². The fourth-order valence-electron chi connectivity index (χ4n) is 2.36. The van der Waals surface area contributed by atoms with E-state index in [4.69, 9.17) is 16.9 Å². The molecule has 5 nitrogen and oxygen atoms in total. The van der Waals surface area contributed by atoms with Gasteiger partial charge in [0.1, 0.15) is 0 Å². The maximum atomic E-state index is 12.5. The first kappa shape index (κ1) is 14.2. The second kappa shape index (κ2) is 6.31. The van der Waals surface area contributed by atoms with Crippen molar-refractivity contribution in [1.82, 2.24) is 9.80 Å². The Hall–Kier alpha value is -2.19. The number of hydrogen-bond donors (Lipinski definition) is 1. The van der Waals surface area contributed by atoms with Crippen molar-refractivity contribution in [2.24, 2.45) is 0 Å². The molecule has 1 saturated heterocycles. The maximum absolute atomic E-state index is 12.5. The lowest BCUT2D eigenvalue weighted by Gasteiger charge is -2.34. The van der Waals surface area contributed by atoms with Crippen LogP contribution >= 0.6 is 0 Å². The Balaban J connectivity index is 2.10. The molecule has 1 aliphatic heterocycles. The van der Waals surface area contributed by atoms with Gasteiger partial charge >= 0.3 is 0 Å². The van der Waals surface area contributed by atoms with Gasteiger partial charge in [0.15, 0.2) is 5.75 Å². The number of nitrogen functional groups attached to an aromatic ring is 1. The summed E-state index contributed by atoms with van der Waals surface area (Å²) in [4.78, 5) is 16.5. The zero-order chi connectivity index (χ0) is 14.5. The van der Waals surface area contributed by atoms with Crippen molar-refractivity contribution in [3.63, 3.8) is 0 Å². The molecule has 0 unspecified atom stereocenters. The van der Waals surface area contributed by atoms with Crippen molar-refractivity contribution in [3.05, 3.63) is 23.8 Å². The Labute approximate surface area is 119 Å². The molecule has 2 rings (SSSR count). The summed E-state index contributed by atoms with van der Waals surface area (Å²) in [6, 6.07) is 5.23. The molecule has 20 heavy (non-hydrogen) atoms. The minimum absolute atomic E-state index is 0.0468. The van der Waals surface area contributed by atoms with Gasteiger partial charge in [0.25, 0.3) is 5.91 Å². The number of carbonyl (C=O) groups excluding carboxylic acids is 1. The third kappa shape index (κ3) is 2.86. The van der Waals surface area contributed by atoms with Crippen LogP contribution in [0.4, 0.5) is 5.69 Å². The molecule has 106 valence electrons. The van der Waals surface area contributed by atoms with E-state index in [1.54, 1.807) is 18.2 Å². The van der Waals surface area contributed by atoms with E-state index in [2.05, 4.69) is 10.8 Å². The Morgan fingerprint density at radius 2 is 2.10 bits per heavy atom. The molecular formula is C15H19N3O2. The molecule has 1 amide bonds. The fourth-order valence-corrected chi connectivity index (χ4v) is 2.36. The summed E-state index contributed by atoms with van der Waals surface area (Å²) in [5.41, 5.74) is 6.82. The van der Waals surface area contributed by atoms with Gasteiger partial charge in [0.05, 0.1) is 24.9 Å². The summed E-state index contributed by atoms with van der Waals surface area (Å²) in [5, 5.41) is 0. The van der Waals surface area contributed by atoms with Gasteiger partial charge in [-0.2, -0.15) is 0 Å². The van der Waals surface area contributed by atoms with Crippen LogP contribution in [0.5, 0.6) is 5.75 Å². The summed E-state index contributed by atoms with van der Waals surface area (Å²) in [6.07, 6.45) is 5.30. The lowest BCUT2D eigenvalue weighted by Crippen LogP contribution is -2.48. The predicted molar refractivity (Wildman–Crippen MR) is 78.6 cm³/mol. The van der Waals surface area contributed by atoms with Gasteiger partial charge in [-0.3, -0.25) is 9.69 Å². The summed E-state index contributed by atoms with van der Waals surface area (Å²) in [5.74, 6) is 3.03. The molecule has 0 bridgehead atoms. The van der Waals surface area contributed by atoms with Gasteiger partial charge in [-0.1, -0.05) is 12.0 Å². The number of hydrogen-bond acceptors (Lipinski definition) is 4. The molecule has 1 aromatic carbocycles. The number of nitrogens with zero attached hydrogens (tertiary/aromatic N) is 2. The number of methoxy groups -OCH3 is 1. The molecule has 2 N–H and O–H groups in total. The summed E-state index contributed by atoms with van der Waals surface area (Å²) in [7, 11) is 1.52. The third-order valence-electron chi connectivity index (χ3n) is 3.45. The smallest absolute Gasteiger partial charge is 0.257 e. The highest BCUT2D eigenvalue weighted by atomic mass is 16.5. The van der Waals surface area contributed by atoms with Crippen molar-refractivity contribution >= 4 is 11.6 Å². The van der Waals surface area contributed by atoms with Crippen molar-refractivity contribution in [3.8, 4) is 18.1 Å². The van der Waals surface area contributed by atoms with E-state index in [-0.39, 0.29) is 5.91 Å². The van der Waals surface area contributed by atoms with Crippen LogP contribution in [0.25, 0.3) is 0 Å². The van der Waals surface area contributed by atoms with Crippen LogP contribution in [0.3, 0.4) is 0 Å².